The molecular formula is C27H25ClN2O2. The highest BCUT2D eigenvalue weighted by Gasteiger charge is 2.32. The second-order valence-corrected chi connectivity index (χ2v) is 8.37. The van der Waals surface area contributed by atoms with Gasteiger partial charge in [0, 0.05) is 22.6 Å². The van der Waals surface area contributed by atoms with Crippen LogP contribution in [-0.4, -0.2) is 30.0 Å². The van der Waals surface area contributed by atoms with Crippen molar-refractivity contribution in [3.8, 4) is 0 Å². The van der Waals surface area contributed by atoms with Gasteiger partial charge >= 0.3 is 0 Å². The zero-order chi connectivity index (χ0) is 22.5. The minimum Gasteiger partial charge on any atom is -0.302 e. The molecule has 0 fully saturated rings. The van der Waals surface area contributed by atoms with Crippen molar-refractivity contribution >= 4 is 34.7 Å². The molecule has 162 valence electrons. The molecule has 1 aliphatic rings. The van der Waals surface area contributed by atoms with Crippen molar-refractivity contribution in [3.63, 3.8) is 0 Å². The molecule has 3 aromatic rings. The predicted molar refractivity (Wildman–Crippen MR) is 130 cm³/mol. The highest BCUT2D eigenvalue weighted by Crippen LogP contribution is 2.32. The Bertz CT molecular complexity index is 1140. The number of fused-ring (bicyclic) bond motifs is 1. The molecule has 1 aliphatic heterocycles. The third-order valence-electron chi connectivity index (χ3n) is 5.53. The van der Waals surface area contributed by atoms with Crippen LogP contribution in [0.1, 0.15) is 36.5 Å². The number of rotatable bonds is 7. The van der Waals surface area contributed by atoms with Gasteiger partial charge in [0.15, 0.2) is 5.78 Å². The maximum atomic E-state index is 13.6. The molecule has 4 nitrogen and oxygen atoms in total. The molecule has 0 aromatic heterocycles. The molecule has 1 heterocycles. The molecule has 0 N–H and O–H groups in total. The van der Waals surface area contributed by atoms with Crippen molar-refractivity contribution < 1.29 is 9.59 Å². The van der Waals surface area contributed by atoms with E-state index in [2.05, 4.69) is 0 Å². The molecule has 1 amide bonds. The number of halogens is 1. The average molecular weight is 445 g/mol. The van der Waals surface area contributed by atoms with E-state index in [9.17, 15) is 9.59 Å². The van der Waals surface area contributed by atoms with Crippen molar-refractivity contribution in [3.05, 3.63) is 101 Å². The van der Waals surface area contributed by atoms with Crippen LogP contribution in [0.4, 0.5) is 5.69 Å². The molecule has 32 heavy (non-hydrogen) atoms. The van der Waals surface area contributed by atoms with Crippen LogP contribution in [-0.2, 0) is 16.0 Å². The zero-order valence-electron chi connectivity index (χ0n) is 18.0. The first-order valence-electron chi connectivity index (χ1n) is 10.9. The van der Waals surface area contributed by atoms with E-state index in [4.69, 9.17) is 16.6 Å². The number of benzodiazepines with no additional fused rings is 1. The second kappa shape index (κ2) is 9.92. The van der Waals surface area contributed by atoms with Gasteiger partial charge in [-0.25, -0.2) is 0 Å². The van der Waals surface area contributed by atoms with E-state index in [1.54, 1.807) is 11.0 Å². The summed E-state index contributed by atoms with van der Waals surface area (Å²) in [5.41, 5.74) is 4.02. The first-order chi connectivity index (χ1) is 15.6. The SMILES string of the molecule is CCCC1N=C(c2ccccc2)c2cc(Cl)ccc2N(CC(=O)Cc2ccccc2)C1=O. The summed E-state index contributed by atoms with van der Waals surface area (Å²) in [5.74, 6) is -0.174. The van der Waals surface area contributed by atoms with Gasteiger partial charge in [0.1, 0.15) is 6.04 Å². The molecule has 0 saturated carbocycles. The Kier molecular flexibility index (Phi) is 6.81. The van der Waals surface area contributed by atoms with Gasteiger partial charge < -0.3 is 4.90 Å². The fourth-order valence-electron chi connectivity index (χ4n) is 4.02. The molecule has 0 saturated heterocycles. The maximum absolute atomic E-state index is 13.6. The van der Waals surface area contributed by atoms with Gasteiger partial charge in [-0.3, -0.25) is 14.6 Å². The van der Waals surface area contributed by atoms with Gasteiger partial charge in [-0.2, -0.15) is 0 Å². The van der Waals surface area contributed by atoms with Crippen LogP contribution in [0.15, 0.2) is 83.9 Å². The molecule has 1 atom stereocenters. The summed E-state index contributed by atoms with van der Waals surface area (Å²) in [6, 6.07) is 24.2. The van der Waals surface area contributed by atoms with Crippen LogP contribution in [0.3, 0.4) is 0 Å². The normalized spacial score (nSPS) is 15.7. The molecule has 5 heteroatoms. The maximum Gasteiger partial charge on any atom is 0.252 e. The Balaban J connectivity index is 1.76. The van der Waals surface area contributed by atoms with Crippen LogP contribution < -0.4 is 4.90 Å². The summed E-state index contributed by atoms with van der Waals surface area (Å²) in [7, 11) is 0. The third-order valence-corrected chi connectivity index (χ3v) is 5.76. The van der Waals surface area contributed by atoms with E-state index in [-0.39, 0.29) is 24.7 Å². The Morgan fingerprint density at radius 3 is 2.38 bits per heavy atom. The first kappa shape index (κ1) is 22.0. The molecule has 0 radical (unpaired) electrons. The Morgan fingerprint density at radius 1 is 1.00 bits per heavy atom. The molecule has 3 aromatic carbocycles. The van der Waals surface area contributed by atoms with Crippen LogP contribution in [0.5, 0.6) is 0 Å². The van der Waals surface area contributed by atoms with Gasteiger partial charge in [0.25, 0.3) is 5.91 Å². The monoisotopic (exact) mass is 444 g/mol. The number of hydrogen-bond acceptors (Lipinski definition) is 3. The van der Waals surface area contributed by atoms with Gasteiger partial charge in [0.05, 0.1) is 17.9 Å². The lowest BCUT2D eigenvalue weighted by molar-refractivity contribution is -0.123. The van der Waals surface area contributed by atoms with E-state index in [1.165, 1.54) is 0 Å². The minimum atomic E-state index is -0.550. The number of ketones is 1. The van der Waals surface area contributed by atoms with Crippen molar-refractivity contribution in [2.75, 3.05) is 11.4 Å². The molecule has 0 aliphatic carbocycles. The lowest BCUT2D eigenvalue weighted by Crippen LogP contribution is -2.41. The van der Waals surface area contributed by atoms with Crippen molar-refractivity contribution in [2.24, 2.45) is 4.99 Å². The Labute approximate surface area is 193 Å². The number of amides is 1. The number of aliphatic imine (C=N–C) groups is 1. The molecular weight excluding hydrogens is 420 g/mol. The van der Waals surface area contributed by atoms with E-state index >= 15 is 0 Å². The van der Waals surface area contributed by atoms with Crippen LogP contribution in [0, 0.1) is 0 Å². The van der Waals surface area contributed by atoms with Crippen molar-refractivity contribution in [2.45, 2.75) is 32.2 Å². The standard InChI is InChI=1S/C27H25ClN2O2/c1-2-9-24-27(32)30(18-22(31)16-19-10-5-3-6-11-19)25-15-14-21(28)17-23(25)26(29-24)20-12-7-4-8-13-20/h3-8,10-15,17,24H,2,9,16,18H2,1H3. The third kappa shape index (κ3) is 4.81. The van der Waals surface area contributed by atoms with Crippen LogP contribution in [0.2, 0.25) is 5.02 Å². The highest BCUT2D eigenvalue weighted by atomic mass is 35.5. The number of carbonyl (C=O) groups excluding carboxylic acids is 2. The van der Waals surface area contributed by atoms with Gasteiger partial charge in [-0.1, -0.05) is 85.6 Å². The van der Waals surface area contributed by atoms with E-state index in [1.807, 2.05) is 79.7 Å². The second-order valence-electron chi connectivity index (χ2n) is 7.94. The molecule has 0 bridgehead atoms. The van der Waals surface area contributed by atoms with E-state index in [0.29, 0.717) is 17.1 Å². The highest BCUT2D eigenvalue weighted by molar-refractivity contribution is 6.32. The number of carbonyl (C=O) groups is 2. The minimum absolute atomic E-state index is 0.000163. The first-order valence-corrected chi connectivity index (χ1v) is 11.2. The fraction of sp³-hybridized carbons (Fsp3) is 0.222. The largest absolute Gasteiger partial charge is 0.302 e. The summed E-state index contributed by atoms with van der Waals surface area (Å²) >= 11 is 6.35. The number of hydrogen-bond donors (Lipinski definition) is 0. The van der Waals surface area contributed by atoms with Crippen molar-refractivity contribution in [1.82, 2.24) is 0 Å². The van der Waals surface area contributed by atoms with E-state index < -0.39 is 6.04 Å². The Hall–Kier alpha value is -3.24. The summed E-state index contributed by atoms with van der Waals surface area (Å²) in [6.07, 6.45) is 1.70. The van der Waals surface area contributed by atoms with E-state index in [0.717, 1.165) is 28.8 Å². The summed E-state index contributed by atoms with van der Waals surface area (Å²) in [5, 5.41) is 0.560. The summed E-state index contributed by atoms with van der Waals surface area (Å²) in [4.78, 5) is 33.0. The fourth-order valence-corrected chi connectivity index (χ4v) is 4.19. The van der Waals surface area contributed by atoms with Gasteiger partial charge in [-0.15, -0.1) is 0 Å². The number of anilines is 1. The molecule has 0 spiro atoms. The van der Waals surface area contributed by atoms with Crippen molar-refractivity contribution in [1.29, 1.82) is 0 Å². The smallest absolute Gasteiger partial charge is 0.252 e. The average Bonchev–Trinajstić information content (AvgIpc) is 2.91. The number of nitrogens with zero attached hydrogens (tertiary/aromatic N) is 2. The lowest BCUT2D eigenvalue weighted by Gasteiger charge is -2.25. The quantitative estimate of drug-likeness (QED) is 0.482. The zero-order valence-corrected chi connectivity index (χ0v) is 18.8. The van der Waals surface area contributed by atoms with Gasteiger partial charge in [0.2, 0.25) is 0 Å². The summed E-state index contributed by atoms with van der Waals surface area (Å²) in [6.45, 7) is 2.03. The lowest BCUT2D eigenvalue weighted by atomic mass is 10.00. The predicted octanol–water partition coefficient (Wildman–Crippen LogP) is 5.50. The molecule has 1 unspecified atom stereocenters. The summed E-state index contributed by atoms with van der Waals surface area (Å²) < 4.78 is 0. The van der Waals surface area contributed by atoms with Crippen LogP contribution >= 0.6 is 11.6 Å². The topological polar surface area (TPSA) is 49.7 Å². The Morgan fingerprint density at radius 2 is 1.69 bits per heavy atom. The number of Topliss-reactive ketones (excluding diaryl/α,β-unsaturated/α-hetero) is 1. The molecule has 4 rings (SSSR count). The number of benzene rings is 3. The van der Waals surface area contributed by atoms with Gasteiger partial charge in [-0.05, 0) is 30.2 Å². The van der Waals surface area contributed by atoms with Crippen LogP contribution in [0.25, 0.3) is 0 Å².